The van der Waals surface area contributed by atoms with Crippen LogP contribution in [-0.4, -0.2) is 37.7 Å². The summed E-state index contributed by atoms with van der Waals surface area (Å²) in [7, 11) is 0. The van der Waals surface area contributed by atoms with Crippen molar-refractivity contribution < 1.29 is 0 Å². The van der Waals surface area contributed by atoms with Crippen LogP contribution in [0.25, 0.3) is 0 Å². The van der Waals surface area contributed by atoms with Crippen molar-refractivity contribution in [1.82, 2.24) is 36.9 Å². The molecule has 0 aliphatic heterocycles. The molecule has 0 saturated carbocycles. The summed E-state index contributed by atoms with van der Waals surface area (Å²) in [4.78, 5) is 0. The molecule has 0 radical (unpaired) electrons. The van der Waals surface area contributed by atoms with E-state index in [9.17, 15) is 0 Å². The molecule has 0 rings (SSSR count). The molecule has 7 heteroatoms. The second-order valence-corrected chi connectivity index (χ2v) is 0. The third-order valence-electron chi connectivity index (χ3n) is 0. The average molecular weight is 144 g/mol. The third kappa shape index (κ3) is 170. The topological polar surface area (TPSA) is 210 Å². The molecule has 7 heavy (non-hydrogen) atoms. The Hall–Kier alpha value is 1.02. The molecule has 0 unspecified atom stereocenters. The quantitative estimate of drug-likeness (QED) is 0.258. The monoisotopic (exact) mass is 144 g/mol. The molecule has 0 bridgehead atoms. The fraction of sp³-hybridized carbons (Fsp3) is 0. The molecular weight excluding hydrogens is 124 g/mol. The van der Waals surface area contributed by atoms with Crippen molar-refractivity contribution in [1.29, 1.82) is 0 Å². The summed E-state index contributed by atoms with van der Waals surface area (Å²) < 4.78 is 0. The van der Waals surface area contributed by atoms with Crippen molar-refractivity contribution in [3.05, 3.63) is 0 Å². The van der Waals surface area contributed by atoms with Gasteiger partial charge in [0.05, 0.1) is 0 Å². The zero-order chi connectivity index (χ0) is 0. The van der Waals surface area contributed by atoms with Crippen LogP contribution < -0.4 is 36.9 Å². The first kappa shape index (κ1) is 380. The van der Waals surface area contributed by atoms with Gasteiger partial charge in [-0.3, -0.25) is 0 Å². The van der Waals surface area contributed by atoms with Gasteiger partial charge in [0, 0.05) is 0 Å². The van der Waals surface area contributed by atoms with Crippen LogP contribution >= 0.6 is 0 Å². The molecule has 0 atom stereocenters. The van der Waals surface area contributed by atoms with Crippen LogP contribution in [0.2, 0.25) is 0 Å². The van der Waals surface area contributed by atoms with Gasteiger partial charge in [0.1, 0.15) is 0 Å². The Kier molecular flexibility index (Phi) is 13300. The summed E-state index contributed by atoms with van der Waals surface area (Å²) in [6, 6.07) is 0. The second-order valence-electron chi connectivity index (χ2n) is 0. The standard InChI is InChI=1S/Ca.6H3N.2H/h;6*1H3;;. The summed E-state index contributed by atoms with van der Waals surface area (Å²) in [6.07, 6.45) is 0. The first-order chi connectivity index (χ1) is 0. The molecule has 0 aromatic carbocycles. The predicted octanol–water partition coefficient (Wildman–Crippen LogP) is 0.0558. The van der Waals surface area contributed by atoms with Crippen LogP contribution in [-0.2, 0) is 0 Å². The molecule has 0 fully saturated rings. The van der Waals surface area contributed by atoms with Crippen molar-refractivity contribution in [3.8, 4) is 0 Å². The Morgan fingerprint density at radius 1 is 0.286 bits per heavy atom. The molecule has 6 nitrogen and oxygen atoms in total. The van der Waals surface area contributed by atoms with Crippen LogP contribution in [0, 0.1) is 0 Å². The molecule has 18 N–H and O–H groups in total. The van der Waals surface area contributed by atoms with Crippen LogP contribution in [0.5, 0.6) is 0 Å². The van der Waals surface area contributed by atoms with Crippen molar-refractivity contribution in [2.45, 2.75) is 0 Å². The van der Waals surface area contributed by atoms with Gasteiger partial charge in [0.15, 0.2) is 0 Å². The summed E-state index contributed by atoms with van der Waals surface area (Å²) in [5.74, 6) is 0. The van der Waals surface area contributed by atoms with E-state index in [4.69, 9.17) is 0 Å². The van der Waals surface area contributed by atoms with E-state index in [0.29, 0.717) is 0 Å². The number of hydrogen-bond donors (Lipinski definition) is 6. The van der Waals surface area contributed by atoms with E-state index in [2.05, 4.69) is 0 Å². The van der Waals surface area contributed by atoms with Gasteiger partial charge in [-0.2, -0.15) is 0 Å². The summed E-state index contributed by atoms with van der Waals surface area (Å²) >= 11 is 0. The zero-order valence-corrected chi connectivity index (χ0v) is 4.24. The molecule has 0 aromatic rings. The molecule has 0 aliphatic carbocycles. The van der Waals surface area contributed by atoms with Gasteiger partial charge < -0.3 is 36.9 Å². The van der Waals surface area contributed by atoms with E-state index in [1.54, 1.807) is 0 Å². The predicted molar refractivity (Wildman–Crippen MR) is 38.7 cm³/mol. The van der Waals surface area contributed by atoms with Crippen molar-refractivity contribution in [3.63, 3.8) is 0 Å². The molecule has 0 aromatic heterocycles. The van der Waals surface area contributed by atoms with Gasteiger partial charge in [-0.05, 0) is 0 Å². The van der Waals surface area contributed by atoms with Gasteiger partial charge in [0.25, 0.3) is 0 Å². The van der Waals surface area contributed by atoms with Crippen molar-refractivity contribution >= 4 is 37.7 Å². The molecule has 0 heterocycles. The van der Waals surface area contributed by atoms with Gasteiger partial charge in [0.2, 0.25) is 0 Å². The maximum absolute atomic E-state index is 0. The van der Waals surface area contributed by atoms with Gasteiger partial charge in [-0.1, -0.05) is 0 Å². The summed E-state index contributed by atoms with van der Waals surface area (Å²) in [6.45, 7) is 0. The van der Waals surface area contributed by atoms with Crippen LogP contribution in [0.3, 0.4) is 0 Å². The van der Waals surface area contributed by atoms with Gasteiger partial charge >= 0.3 is 37.7 Å². The molecule has 52 valence electrons. The minimum absolute atomic E-state index is 0. The van der Waals surface area contributed by atoms with E-state index >= 15 is 0 Å². The zero-order valence-electron chi connectivity index (χ0n) is 4.24. The van der Waals surface area contributed by atoms with E-state index in [1.807, 2.05) is 0 Å². The van der Waals surface area contributed by atoms with E-state index in [1.165, 1.54) is 0 Å². The van der Waals surface area contributed by atoms with Crippen molar-refractivity contribution in [2.24, 2.45) is 0 Å². The normalized spacial score (nSPS) is 0. The van der Waals surface area contributed by atoms with Crippen LogP contribution in [0.15, 0.2) is 0 Å². The Bertz CT molecular complexity index is 4.14. The number of hydrogen-bond acceptors (Lipinski definition) is 6. The fourth-order valence-electron chi connectivity index (χ4n) is 0. The summed E-state index contributed by atoms with van der Waals surface area (Å²) in [5, 5.41) is 0. The Balaban J connectivity index is 0. The van der Waals surface area contributed by atoms with Crippen LogP contribution in [0.1, 0.15) is 0 Å². The second kappa shape index (κ2) is 245. The molecular formula is H20CaN6. The first-order valence-electron chi connectivity index (χ1n) is 0. The number of rotatable bonds is 0. The minimum atomic E-state index is 0. The molecule has 0 aliphatic rings. The molecule has 0 amide bonds. The Morgan fingerprint density at radius 3 is 0.286 bits per heavy atom. The SMILES string of the molecule is N.N.N.N.N.N.[CaH2]. The average Bonchev–Trinajstić information content (AvgIpc) is 0. The molecule has 0 saturated heterocycles. The van der Waals surface area contributed by atoms with E-state index in [0.717, 1.165) is 0 Å². The maximum atomic E-state index is 0. The summed E-state index contributed by atoms with van der Waals surface area (Å²) in [5.41, 5.74) is 0. The van der Waals surface area contributed by atoms with Gasteiger partial charge in [-0.15, -0.1) is 0 Å². The first-order valence-corrected chi connectivity index (χ1v) is 0. The Labute approximate surface area is 74.3 Å². The fourth-order valence-corrected chi connectivity index (χ4v) is 0. The van der Waals surface area contributed by atoms with Crippen LogP contribution in [0.4, 0.5) is 0 Å². The van der Waals surface area contributed by atoms with Crippen molar-refractivity contribution in [2.75, 3.05) is 0 Å². The Morgan fingerprint density at radius 2 is 0.286 bits per heavy atom. The van der Waals surface area contributed by atoms with E-state index in [-0.39, 0.29) is 74.6 Å². The van der Waals surface area contributed by atoms with Gasteiger partial charge in [-0.25, -0.2) is 0 Å². The van der Waals surface area contributed by atoms with E-state index < -0.39 is 0 Å². The molecule has 0 spiro atoms. The third-order valence-corrected chi connectivity index (χ3v) is 0.